The number of benzene rings is 2. The molecule has 1 unspecified atom stereocenters. The minimum atomic E-state index is -3.58. The van der Waals surface area contributed by atoms with Gasteiger partial charge >= 0.3 is 0 Å². The molecule has 1 aliphatic heterocycles. The summed E-state index contributed by atoms with van der Waals surface area (Å²) in [4.78, 5) is 0.542. The zero-order chi connectivity index (χ0) is 17.4. The summed E-state index contributed by atoms with van der Waals surface area (Å²) in [5.74, 6) is 0.540. The van der Waals surface area contributed by atoms with Crippen LogP contribution in [0.4, 0.5) is 0 Å². The molecule has 24 heavy (non-hydrogen) atoms. The van der Waals surface area contributed by atoms with Crippen LogP contribution in [0.3, 0.4) is 0 Å². The lowest BCUT2D eigenvalue weighted by molar-refractivity contribution is 0.262. The van der Waals surface area contributed by atoms with Crippen molar-refractivity contribution in [2.75, 3.05) is 13.2 Å². The van der Waals surface area contributed by atoms with Crippen LogP contribution < -0.4 is 4.74 Å². The second kappa shape index (κ2) is 6.22. The predicted octanol–water partition coefficient (Wildman–Crippen LogP) is 3.59. The highest BCUT2D eigenvalue weighted by atomic mass is 32.2. The third-order valence-corrected chi connectivity index (χ3v) is 5.71. The Bertz CT molecular complexity index is 830. The summed E-state index contributed by atoms with van der Waals surface area (Å²) < 4.78 is 36.6. The first-order valence-electron chi connectivity index (χ1n) is 7.97. The van der Waals surface area contributed by atoms with Crippen LogP contribution in [0.15, 0.2) is 58.3 Å². The molecule has 0 N–H and O–H groups in total. The minimum Gasteiger partial charge on any atom is -0.491 e. The molecule has 0 radical (unpaired) electrons. The molecule has 1 aliphatic rings. The van der Waals surface area contributed by atoms with Crippen LogP contribution in [-0.4, -0.2) is 27.7 Å². The third-order valence-electron chi connectivity index (χ3n) is 3.96. The Morgan fingerprint density at radius 2 is 1.71 bits per heavy atom. The highest BCUT2D eigenvalue weighted by Crippen LogP contribution is 2.29. The lowest BCUT2D eigenvalue weighted by atomic mass is 9.87. The smallest absolute Gasteiger partial charge is 0.206 e. The van der Waals surface area contributed by atoms with Crippen molar-refractivity contribution < 1.29 is 17.9 Å². The molecule has 1 heterocycles. The van der Waals surface area contributed by atoms with Gasteiger partial charge in [-0.3, -0.25) is 0 Å². The molecule has 4 nitrogen and oxygen atoms in total. The number of sulfone groups is 1. The van der Waals surface area contributed by atoms with Crippen LogP contribution in [0.25, 0.3) is 0 Å². The second-order valence-electron chi connectivity index (χ2n) is 7.02. The fourth-order valence-corrected chi connectivity index (χ4v) is 3.69. The van der Waals surface area contributed by atoms with E-state index in [-0.39, 0.29) is 16.4 Å². The van der Waals surface area contributed by atoms with Crippen LogP contribution in [-0.2, 0) is 20.0 Å². The minimum absolute atomic E-state index is 0.110. The van der Waals surface area contributed by atoms with E-state index in [1.54, 1.807) is 42.5 Å². The number of ether oxygens (including phenoxy) is 2. The Morgan fingerprint density at radius 1 is 1.08 bits per heavy atom. The van der Waals surface area contributed by atoms with Gasteiger partial charge in [-0.25, -0.2) is 8.42 Å². The van der Waals surface area contributed by atoms with Gasteiger partial charge in [-0.15, -0.1) is 0 Å². The number of rotatable bonds is 5. The molecule has 128 valence electrons. The Balaban J connectivity index is 1.91. The Hall–Kier alpha value is -1.85. The highest BCUT2D eigenvalue weighted by molar-refractivity contribution is 7.91. The van der Waals surface area contributed by atoms with Gasteiger partial charge in [0.1, 0.15) is 18.5 Å². The summed E-state index contributed by atoms with van der Waals surface area (Å²) in [5.41, 5.74) is 0.877. The van der Waals surface area contributed by atoms with E-state index in [4.69, 9.17) is 9.47 Å². The van der Waals surface area contributed by atoms with Gasteiger partial charge in [0.05, 0.1) is 16.4 Å². The summed E-state index contributed by atoms with van der Waals surface area (Å²) in [7, 11) is -3.58. The van der Waals surface area contributed by atoms with Gasteiger partial charge in [0.2, 0.25) is 9.84 Å². The fraction of sp³-hybridized carbons (Fsp3) is 0.368. The molecule has 3 rings (SSSR count). The van der Waals surface area contributed by atoms with Crippen LogP contribution >= 0.6 is 0 Å². The van der Waals surface area contributed by atoms with E-state index in [1.165, 1.54) is 0 Å². The summed E-state index contributed by atoms with van der Waals surface area (Å²) in [6.07, 6.45) is 0.133. The quantitative estimate of drug-likeness (QED) is 0.776. The molecule has 2 aromatic carbocycles. The van der Waals surface area contributed by atoms with Gasteiger partial charge in [-0.05, 0) is 41.3 Å². The molecule has 0 aliphatic carbocycles. The lowest BCUT2D eigenvalue weighted by Gasteiger charge is -2.19. The Morgan fingerprint density at radius 3 is 2.33 bits per heavy atom. The van der Waals surface area contributed by atoms with Crippen molar-refractivity contribution in [2.45, 2.75) is 42.1 Å². The molecule has 0 spiro atoms. The normalized spacial score (nSPS) is 17.5. The van der Waals surface area contributed by atoms with Crippen molar-refractivity contribution >= 4 is 9.84 Å². The molecule has 1 atom stereocenters. The maximum atomic E-state index is 12.9. The third kappa shape index (κ3) is 3.79. The first-order valence-corrected chi connectivity index (χ1v) is 9.45. The van der Waals surface area contributed by atoms with E-state index in [0.717, 1.165) is 5.56 Å². The van der Waals surface area contributed by atoms with E-state index in [2.05, 4.69) is 20.8 Å². The van der Waals surface area contributed by atoms with Gasteiger partial charge in [0.25, 0.3) is 0 Å². The number of epoxide rings is 1. The molecule has 1 fully saturated rings. The van der Waals surface area contributed by atoms with Crippen molar-refractivity contribution in [3.63, 3.8) is 0 Å². The number of hydrogen-bond acceptors (Lipinski definition) is 4. The zero-order valence-corrected chi connectivity index (χ0v) is 15.0. The molecular formula is C19H22O4S. The van der Waals surface area contributed by atoms with E-state index < -0.39 is 9.84 Å². The molecule has 0 amide bonds. The highest BCUT2D eigenvalue weighted by Gasteiger charge is 2.24. The van der Waals surface area contributed by atoms with E-state index >= 15 is 0 Å². The van der Waals surface area contributed by atoms with Crippen LogP contribution in [0, 0.1) is 0 Å². The van der Waals surface area contributed by atoms with E-state index in [1.807, 2.05) is 6.07 Å². The molecule has 2 aromatic rings. The Kier molecular flexibility index (Phi) is 4.40. The van der Waals surface area contributed by atoms with Crippen molar-refractivity contribution in [1.29, 1.82) is 0 Å². The van der Waals surface area contributed by atoms with Crippen molar-refractivity contribution in [1.82, 2.24) is 0 Å². The SMILES string of the molecule is CC(C)(C)c1cccc(S(=O)(=O)c2cccc(OCC3CO3)c2)c1. The fourth-order valence-electron chi connectivity index (χ4n) is 2.35. The maximum Gasteiger partial charge on any atom is 0.206 e. The average Bonchev–Trinajstić information content (AvgIpc) is 3.37. The van der Waals surface area contributed by atoms with Crippen molar-refractivity contribution in [3.8, 4) is 5.75 Å². The zero-order valence-electron chi connectivity index (χ0n) is 14.2. The topological polar surface area (TPSA) is 55.9 Å². The van der Waals surface area contributed by atoms with Gasteiger partial charge < -0.3 is 9.47 Å². The predicted molar refractivity (Wildman–Crippen MR) is 92.3 cm³/mol. The monoisotopic (exact) mass is 346 g/mol. The molecule has 0 saturated carbocycles. The van der Waals surface area contributed by atoms with Crippen molar-refractivity contribution in [2.24, 2.45) is 0 Å². The van der Waals surface area contributed by atoms with E-state index in [9.17, 15) is 8.42 Å². The molecular weight excluding hydrogens is 324 g/mol. The van der Waals surface area contributed by atoms with Gasteiger partial charge in [-0.2, -0.15) is 0 Å². The maximum absolute atomic E-state index is 12.9. The van der Waals surface area contributed by atoms with Gasteiger partial charge in [0, 0.05) is 0 Å². The molecule has 0 aromatic heterocycles. The standard InChI is InChI=1S/C19H22O4S/c1-19(2,3)14-6-4-8-17(10-14)24(20,21)18-9-5-7-15(11-18)22-12-16-13-23-16/h4-11,16H,12-13H2,1-3H3. The van der Waals surface area contributed by atoms with Crippen LogP contribution in [0.1, 0.15) is 26.3 Å². The summed E-state index contributed by atoms with van der Waals surface area (Å²) in [5, 5.41) is 0. The second-order valence-corrected chi connectivity index (χ2v) is 8.97. The average molecular weight is 346 g/mol. The van der Waals surface area contributed by atoms with Gasteiger partial charge in [-0.1, -0.05) is 39.0 Å². The summed E-state index contributed by atoms with van der Waals surface area (Å²) >= 11 is 0. The molecule has 1 saturated heterocycles. The van der Waals surface area contributed by atoms with Crippen LogP contribution in [0.5, 0.6) is 5.75 Å². The first kappa shape index (κ1) is 17.0. The largest absolute Gasteiger partial charge is 0.491 e. The Labute approximate surface area is 143 Å². The molecule has 5 heteroatoms. The van der Waals surface area contributed by atoms with Gasteiger partial charge in [0.15, 0.2) is 0 Å². The summed E-state index contributed by atoms with van der Waals surface area (Å²) in [6.45, 7) is 7.34. The lowest BCUT2D eigenvalue weighted by Crippen LogP contribution is -2.12. The summed E-state index contributed by atoms with van der Waals surface area (Å²) in [6, 6.07) is 13.8. The first-order chi connectivity index (χ1) is 11.3. The molecule has 0 bridgehead atoms. The van der Waals surface area contributed by atoms with E-state index in [0.29, 0.717) is 23.9 Å². The van der Waals surface area contributed by atoms with Crippen molar-refractivity contribution in [3.05, 3.63) is 54.1 Å². The van der Waals surface area contributed by atoms with Crippen LogP contribution in [0.2, 0.25) is 0 Å². The number of hydrogen-bond donors (Lipinski definition) is 0.